The molecule has 0 aliphatic carbocycles. The minimum absolute atomic E-state index is 0.159. The monoisotopic (exact) mass is 206 g/mol. The van der Waals surface area contributed by atoms with Crippen molar-refractivity contribution in [3.05, 3.63) is 29.9 Å². The summed E-state index contributed by atoms with van der Waals surface area (Å²) in [5.74, 6) is 0.432. The van der Waals surface area contributed by atoms with E-state index in [1.165, 1.54) is 6.33 Å². The van der Waals surface area contributed by atoms with Crippen molar-refractivity contribution in [3.8, 4) is 12.1 Å². The van der Waals surface area contributed by atoms with Crippen molar-refractivity contribution in [2.24, 2.45) is 0 Å². The lowest BCUT2D eigenvalue weighted by atomic mass is 10.3. The number of halogens is 1. The molecule has 70 valence electrons. The van der Waals surface area contributed by atoms with Gasteiger partial charge in [-0.1, -0.05) is 12.2 Å². The Bertz CT molecular complexity index is 419. The topological polar surface area (TPSA) is 65.4 Å². The summed E-state index contributed by atoms with van der Waals surface area (Å²) in [6, 6.07) is 3.79. The molecule has 1 heterocycles. The maximum absolute atomic E-state index is 8.76. The maximum atomic E-state index is 8.76. The Hall–Kier alpha value is -1.78. The summed E-state index contributed by atoms with van der Waals surface area (Å²) in [5, 5.41) is 17.4. The largest absolute Gasteiger partial charge is 0.317 e. The smallest absolute Gasteiger partial charge is 0.176 e. The third kappa shape index (κ3) is 2.12. The number of allylic oxidation sites excluding steroid dienone is 2. The molecule has 0 aliphatic heterocycles. The highest BCUT2D eigenvalue weighted by atomic mass is 35.5. The van der Waals surface area contributed by atoms with Crippen LogP contribution in [0.4, 0.5) is 0 Å². The van der Waals surface area contributed by atoms with E-state index in [0.29, 0.717) is 12.4 Å². The highest BCUT2D eigenvalue weighted by Crippen LogP contribution is 2.04. The molecule has 0 bridgehead atoms. The molecule has 1 aromatic heterocycles. The van der Waals surface area contributed by atoms with Crippen LogP contribution in [0.5, 0.6) is 0 Å². The Labute approximate surface area is 86.7 Å². The van der Waals surface area contributed by atoms with E-state index in [0.717, 1.165) is 0 Å². The Morgan fingerprint density at radius 2 is 2.21 bits per heavy atom. The lowest BCUT2D eigenvalue weighted by molar-refractivity contribution is 0.806. The van der Waals surface area contributed by atoms with Crippen LogP contribution in [0.3, 0.4) is 0 Å². The van der Waals surface area contributed by atoms with E-state index in [4.69, 9.17) is 22.1 Å². The molecular formula is C9H7ClN4. The SMILES string of the molecule is N#Cc1ncn(C/C=C/CCl)c1C#N. The first-order valence-corrected chi connectivity index (χ1v) is 4.43. The van der Waals surface area contributed by atoms with Gasteiger partial charge in [0, 0.05) is 12.4 Å². The van der Waals surface area contributed by atoms with Gasteiger partial charge in [0.05, 0.1) is 6.33 Å². The van der Waals surface area contributed by atoms with Gasteiger partial charge in [0.15, 0.2) is 11.4 Å². The van der Waals surface area contributed by atoms with E-state index in [2.05, 4.69) is 4.98 Å². The van der Waals surface area contributed by atoms with Crippen LogP contribution >= 0.6 is 11.6 Å². The van der Waals surface area contributed by atoms with Crippen molar-refractivity contribution in [2.45, 2.75) is 6.54 Å². The Kier molecular flexibility index (Phi) is 3.72. The Morgan fingerprint density at radius 3 is 2.79 bits per heavy atom. The van der Waals surface area contributed by atoms with Crippen LogP contribution in [0, 0.1) is 22.7 Å². The van der Waals surface area contributed by atoms with Gasteiger partial charge >= 0.3 is 0 Å². The third-order valence-electron chi connectivity index (χ3n) is 1.61. The molecule has 1 rings (SSSR count). The molecule has 0 fully saturated rings. The first kappa shape index (κ1) is 10.3. The van der Waals surface area contributed by atoms with Gasteiger partial charge < -0.3 is 4.57 Å². The van der Waals surface area contributed by atoms with E-state index in [1.54, 1.807) is 10.6 Å². The average molecular weight is 207 g/mol. The van der Waals surface area contributed by atoms with Gasteiger partial charge in [0.1, 0.15) is 12.1 Å². The molecule has 5 heteroatoms. The summed E-state index contributed by atoms with van der Waals surface area (Å²) >= 11 is 5.44. The first-order chi connectivity index (χ1) is 6.83. The zero-order valence-electron chi connectivity index (χ0n) is 7.31. The molecule has 14 heavy (non-hydrogen) atoms. The quantitative estimate of drug-likeness (QED) is 0.555. The van der Waals surface area contributed by atoms with Gasteiger partial charge in [-0.3, -0.25) is 0 Å². The molecule has 4 nitrogen and oxygen atoms in total. The predicted octanol–water partition coefficient (Wildman–Crippen LogP) is 1.42. The second-order valence-electron chi connectivity index (χ2n) is 2.44. The summed E-state index contributed by atoms with van der Waals surface area (Å²) in [7, 11) is 0. The fourth-order valence-electron chi connectivity index (χ4n) is 0.971. The Morgan fingerprint density at radius 1 is 1.43 bits per heavy atom. The summed E-state index contributed by atoms with van der Waals surface area (Å²) < 4.78 is 1.60. The maximum Gasteiger partial charge on any atom is 0.176 e. The number of nitriles is 2. The van der Waals surface area contributed by atoms with Crippen molar-refractivity contribution in [3.63, 3.8) is 0 Å². The Balaban J connectivity index is 2.90. The molecule has 0 aromatic carbocycles. The second kappa shape index (κ2) is 5.06. The van der Waals surface area contributed by atoms with Gasteiger partial charge in [-0.2, -0.15) is 10.5 Å². The minimum atomic E-state index is 0.159. The zero-order valence-corrected chi connectivity index (χ0v) is 8.07. The predicted molar refractivity (Wildman–Crippen MR) is 51.5 cm³/mol. The molecule has 0 saturated heterocycles. The lowest BCUT2D eigenvalue weighted by Gasteiger charge is -1.96. The highest BCUT2D eigenvalue weighted by molar-refractivity contribution is 6.18. The van der Waals surface area contributed by atoms with Crippen LogP contribution in [-0.2, 0) is 6.54 Å². The second-order valence-corrected chi connectivity index (χ2v) is 2.75. The van der Waals surface area contributed by atoms with Crippen molar-refractivity contribution in [1.29, 1.82) is 10.5 Å². The number of nitrogens with zero attached hydrogens (tertiary/aromatic N) is 4. The van der Waals surface area contributed by atoms with Crippen molar-refractivity contribution in [2.75, 3.05) is 5.88 Å². The molecule has 0 atom stereocenters. The average Bonchev–Trinajstić information content (AvgIpc) is 2.60. The fraction of sp³-hybridized carbons (Fsp3) is 0.222. The molecule has 0 amide bonds. The van der Waals surface area contributed by atoms with Crippen LogP contribution in [0.1, 0.15) is 11.4 Å². The number of aromatic nitrogens is 2. The summed E-state index contributed by atoms with van der Waals surface area (Å²) in [4.78, 5) is 3.80. The number of rotatable bonds is 3. The van der Waals surface area contributed by atoms with Crippen LogP contribution in [0.25, 0.3) is 0 Å². The number of alkyl halides is 1. The van der Waals surface area contributed by atoms with Gasteiger partial charge in [-0.15, -0.1) is 11.6 Å². The van der Waals surface area contributed by atoms with E-state index < -0.39 is 0 Å². The van der Waals surface area contributed by atoms with E-state index in [9.17, 15) is 0 Å². The molecule has 1 aromatic rings. The number of imidazole rings is 1. The highest BCUT2D eigenvalue weighted by Gasteiger charge is 2.07. The fourth-order valence-corrected chi connectivity index (χ4v) is 1.10. The zero-order chi connectivity index (χ0) is 10.4. The van der Waals surface area contributed by atoms with E-state index in [-0.39, 0.29) is 11.4 Å². The summed E-state index contributed by atoms with van der Waals surface area (Å²) in [5.41, 5.74) is 0.443. The van der Waals surface area contributed by atoms with Crippen LogP contribution < -0.4 is 0 Å². The molecular weight excluding hydrogens is 200 g/mol. The standard InChI is InChI=1S/C9H7ClN4/c10-3-1-2-4-14-7-13-8(5-11)9(14)6-12/h1-2,7H,3-4H2/b2-1+. The van der Waals surface area contributed by atoms with Crippen molar-refractivity contribution < 1.29 is 0 Å². The van der Waals surface area contributed by atoms with Gasteiger partial charge in [0.2, 0.25) is 0 Å². The van der Waals surface area contributed by atoms with Crippen LogP contribution in [-0.4, -0.2) is 15.4 Å². The first-order valence-electron chi connectivity index (χ1n) is 3.89. The molecule has 0 unspecified atom stereocenters. The summed E-state index contributed by atoms with van der Waals surface area (Å²) in [6.07, 6.45) is 5.06. The molecule has 0 spiro atoms. The molecule has 0 saturated carbocycles. The summed E-state index contributed by atoms with van der Waals surface area (Å²) in [6.45, 7) is 0.504. The van der Waals surface area contributed by atoms with Crippen LogP contribution in [0.2, 0.25) is 0 Å². The number of hydrogen-bond donors (Lipinski definition) is 0. The van der Waals surface area contributed by atoms with Gasteiger partial charge in [-0.25, -0.2) is 4.98 Å². The number of hydrogen-bond acceptors (Lipinski definition) is 3. The van der Waals surface area contributed by atoms with Crippen LogP contribution in [0.15, 0.2) is 18.5 Å². The van der Waals surface area contributed by atoms with Gasteiger partial charge in [-0.05, 0) is 0 Å². The normalized spacial score (nSPS) is 9.93. The molecule has 0 N–H and O–H groups in total. The molecule has 0 radical (unpaired) electrons. The van der Waals surface area contributed by atoms with E-state index >= 15 is 0 Å². The third-order valence-corrected chi connectivity index (χ3v) is 1.79. The minimum Gasteiger partial charge on any atom is -0.317 e. The van der Waals surface area contributed by atoms with Crippen molar-refractivity contribution in [1.82, 2.24) is 9.55 Å². The van der Waals surface area contributed by atoms with Crippen molar-refractivity contribution >= 4 is 11.6 Å². The lowest BCUT2D eigenvalue weighted by Crippen LogP contribution is -1.97. The van der Waals surface area contributed by atoms with E-state index in [1.807, 2.05) is 18.2 Å². The molecule has 0 aliphatic rings. The van der Waals surface area contributed by atoms with Gasteiger partial charge in [0.25, 0.3) is 0 Å².